The third kappa shape index (κ3) is 4.95. The maximum Gasteiger partial charge on any atom is 0.417 e. The highest BCUT2D eigenvalue weighted by Crippen LogP contribution is 2.50. The number of hydrogen-bond acceptors (Lipinski definition) is 6. The van der Waals surface area contributed by atoms with Gasteiger partial charge >= 0.3 is 12.2 Å². The number of piperidine rings is 1. The van der Waals surface area contributed by atoms with E-state index in [0.717, 1.165) is 6.07 Å². The van der Waals surface area contributed by atoms with Crippen LogP contribution in [-0.4, -0.2) is 62.8 Å². The van der Waals surface area contributed by atoms with Crippen LogP contribution in [-0.2, 0) is 27.5 Å². The van der Waals surface area contributed by atoms with Crippen molar-refractivity contribution in [3.8, 4) is 11.4 Å². The Bertz CT molecular complexity index is 1230. The lowest BCUT2D eigenvalue weighted by atomic mass is 9.64. The molecule has 1 aromatic carbocycles. The number of alkyl halides is 3. The van der Waals surface area contributed by atoms with Crippen molar-refractivity contribution in [2.24, 2.45) is 13.0 Å². The zero-order valence-electron chi connectivity index (χ0n) is 20.1. The number of nitrogens with zero attached hydrogens (tertiary/aromatic N) is 4. The lowest BCUT2D eigenvalue weighted by molar-refractivity contribution is -0.157. The number of fused-ring (bicyclic) bond motifs is 2. The standard InChI is InChI=1S/C22H25F4N7O4/c1-11-4-12-8-21(7-11,19(35)30-29-17(34)9-37-3)33(12)20(36)28-16-5-13(18-27-10-32(2)31-18)14(6-15(16)23)22(24,25)26/h5-6,10-12H,4,7-9H2,1-3H3,(H,28,36)(H,29,34)(H,30,35). The maximum absolute atomic E-state index is 14.8. The number of carbonyl (C=O) groups excluding carboxylic acids is 3. The summed E-state index contributed by atoms with van der Waals surface area (Å²) in [5.74, 6) is -2.79. The van der Waals surface area contributed by atoms with Crippen LogP contribution in [0.25, 0.3) is 11.4 Å². The number of urea groups is 1. The van der Waals surface area contributed by atoms with Crippen LogP contribution < -0.4 is 16.2 Å². The van der Waals surface area contributed by atoms with Crippen LogP contribution in [0.3, 0.4) is 0 Å². The molecule has 1 aliphatic heterocycles. The number of aryl methyl sites for hydroxylation is 1. The highest BCUT2D eigenvalue weighted by molar-refractivity contribution is 5.99. The van der Waals surface area contributed by atoms with E-state index in [1.54, 1.807) is 0 Å². The summed E-state index contributed by atoms with van der Waals surface area (Å²) in [5.41, 5.74) is 0.840. The van der Waals surface area contributed by atoms with E-state index in [-0.39, 0.29) is 36.9 Å². The van der Waals surface area contributed by atoms with E-state index in [2.05, 4.69) is 31.0 Å². The SMILES string of the molecule is COCC(=O)NNC(=O)C12CC(C)CC(C1)N2C(=O)Nc1cc(-c2ncn(C)n2)c(C(F)(F)F)cc1F. The summed E-state index contributed by atoms with van der Waals surface area (Å²) in [6, 6.07) is -0.117. The van der Waals surface area contributed by atoms with Crippen molar-refractivity contribution in [2.45, 2.75) is 43.9 Å². The summed E-state index contributed by atoms with van der Waals surface area (Å²) in [6.45, 7) is 1.62. The summed E-state index contributed by atoms with van der Waals surface area (Å²) >= 11 is 0. The van der Waals surface area contributed by atoms with Crippen LogP contribution >= 0.6 is 0 Å². The minimum absolute atomic E-state index is 0.0767. The number of halogens is 4. The smallest absolute Gasteiger partial charge is 0.375 e. The first-order chi connectivity index (χ1) is 17.4. The van der Waals surface area contributed by atoms with Gasteiger partial charge < -0.3 is 15.0 Å². The number of aromatic nitrogens is 3. The molecule has 3 N–H and O–H groups in total. The number of anilines is 1. The van der Waals surface area contributed by atoms with Crippen LogP contribution in [0, 0.1) is 11.7 Å². The largest absolute Gasteiger partial charge is 0.417 e. The van der Waals surface area contributed by atoms with Crippen molar-refractivity contribution in [1.29, 1.82) is 0 Å². The van der Waals surface area contributed by atoms with Crippen molar-refractivity contribution in [3.05, 3.63) is 29.8 Å². The van der Waals surface area contributed by atoms with Crippen LogP contribution in [0.15, 0.2) is 18.5 Å². The number of ether oxygens (including phenoxy) is 1. The van der Waals surface area contributed by atoms with Crippen LogP contribution in [0.1, 0.15) is 31.7 Å². The van der Waals surface area contributed by atoms with Crippen molar-refractivity contribution in [3.63, 3.8) is 0 Å². The van der Waals surface area contributed by atoms with Gasteiger partial charge in [0.05, 0.1) is 11.3 Å². The maximum atomic E-state index is 14.8. The van der Waals surface area contributed by atoms with Gasteiger partial charge in [-0.25, -0.2) is 14.2 Å². The van der Waals surface area contributed by atoms with Gasteiger partial charge in [0, 0.05) is 32.2 Å². The predicted octanol–water partition coefficient (Wildman–Crippen LogP) is 2.21. The Labute approximate surface area is 208 Å². The van der Waals surface area contributed by atoms with Gasteiger partial charge in [-0.3, -0.25) is 25.1 Å². The van der Waals surface area contributed by atoms with Crippen molar-refractivity contribution < 1.29 is 36.7 Å². The Balaban J connectivity index is 1.61. The summed E-state index contributed by atoms with van der Waals surface area (Å²) < 4.78 is 61.5. The first-order valence-corrected chi connectivity index (χ1v) is 11.3. The van der Waals surface area contributed by atoms with Gasteiger partial charge in [-0.15, -0.1) is 0 Å². The average Bonchev–Trinajstić information content (AvgIpc) is 3.23. The number of amides is 4. The van der Waals surface area contributed by atoms with E-state index in [9.17, 15) is 31.9 Å². The van der Waals surface area contributed by atoms with Gasteiger partial charge in [-0.05, 0) is 30.9 Å². The molecule has 2 fully saturated rings. The fourth-order valence-electron chi connectivity index (χ4n) is 5.10. The number of methoxy groups -OCH3 is 1. The van der Waals surface area contributed by atoms with E-state index in [4.69, 9.17) is 0 Å². The first kappa shape index (κ1) is 26.3. The van der Waals surface area contributed by atoms with E-state index in [0.29, 0.717) is 12.8 Å². The lowest BCUT2D eigenvalue weighted by Gasteiger charge is -2.61. The number of hydrogen-bond donors (Lipinski definition) is 3. The number of rotatable bonds is 5. The second kappa shape index (κ2) is 9.61. The molecule has 2 bridgehead atoms. The molecule has 0 radical (unpaired) electrons. The lowest BCUT2D eigenvalue weighted by Crippen LogP contribution is -2.78. The molecule has 37 heavy (non-hydrogen) atoms. The Hall–Kier alpha value is -3.75. The minimum Gasteiger partial charge on any atom is -0.375 e. The molecule has 1 saturated heterocycles. The second-order valence-corrected chi connectivity index (χ2v) is 9.29. The normalized spacial score (nSPS) is 22.7. The van der Waals surface area contributed by atoms with Crippen LogP contribution in [0.2, 0.25) is 0 Å². The van der Waals surface area contributed by atoms with Gasteiger partial charge in [0.2, 0.25) is 0 Å². The topological polar surface area (TPSA) is 130 Å². The molecule has 2 aliphatic rings. The van der Waals surface area contributed by atoms with Crippen LogP contribution in [0.5, 0.6) is 0 Å². The molecule has 3 unspecified atom stereocenters. The molecule has 0 spiro atoms. The monoisotopic (exact) mass is 527 g/mol. The summed E-state index contributed by atoms with van der Waals surface area (Å²) in [7, 11) is 2.77. The summed E-state index contributed by atoms with van der Waals surface area (Å²) in [4.78, 5) is 43.0. The number of likely N-dealkylation sites (tertiary alicyclic amines) is 1. The summed E-state index contributed by atoms with van der Waals surface area (Å²) in [5, 5.41) is 6.18. The predicted molar refractivity (Wildman–Crippen MR) is 120 cm³/mol. The van der Waals surface area contributed by atoms with E-state index < -0.39 is 52.2 Å². The first-order valence-electron chi connectivity index (χ1n) is 11.3. The highest BCUT2D eigenvalue weighted by atomic mass is 19.4. The zero-order chi connectivity index (χ0) is 27.1. The van der Waals surface area contributed by atoms with E-state index in [1.165, 1.54) is 30.1 Å². The molecule has 3 atom stereocenters. The Morgan fingerprint density at radius 1 is 1.22 bits per heavy atom. The fourth-order valence-corrected chi connectivity index (χ4v) is 5.10. The van der Waals surface area contributed by atoms with Crippen molar-refractivity contribution in [1.82, 2.24) is 30.5 Å². The van der Waals surface area contributed by atoms with Gasteiger partial charge in [0.25, 0.3) is 11.8 Å². The molecule has 1 aliphatic carbocycles. The molecule has 200 valence electrons. The molecule has 1 aromatic heterocycles. The molecule has 11 nitrogen and oxygen atoms in total. The third-order valence-electron chi connectivity index (χ3n) is 6.49. The molecule has 1 saturated carbocycles. The van der Waals surface area contributed by atoms with Crippen molar-refractivity contribution in [2.75, 3.05) is 19.0 Å². The van der Waals surface area contributed by atoms with Crippen molar-refractivity contribution >= 4 is 23.5 Å². The minimum atomic E-state index is -4.90. The zero-order valence-corrected chi connectivity index (χ0v) is 20.1. The van der Waals surface area contributed by atoms with E-state index >= 15 is 0 Å². The quantitative estimate of drug-likeness (QED) is 0.404. The molecular formula is C22H25F4N7O4. The van der Waals surface area contributed by atoms with Gasteiger partial charge in [0.15, 0.2) is 5.82 Å². The number of nitrogens with one attached hydrogen (secondary N) is 3. The molecule has 4 rings (SSSR count). The Kier molecular flexibility index (Phi) is 6.83. The molecule has 4 amide bonds. The van der Waals surface area contributed by atoms with Gasteiger partial charge in [-0.2, -0.15) is 18.3 Å². The second-order valence-electron chi connectivity index (χ2n) is 9.29. The Morgan fingerprint density at radius 2 is 1.95 bits per heavy atom. The number of hydrazine groups is 1. The average molecular weight is 527 g/mol. The van der Waals surface area contributed by atoms with E-state index in [1.807, 2.05) is 6.92 Å². The Morgan fingerprint density at radius 3 is 2.57 bits per heavy atom. The summed E-state index contributed by atoms with van der Waals surface area (Å²) in [6.07, 6.45) is -2.54. The molecule has 15 heteroatoms. The molecule has 2 aromatic rings. The number of carbonyl (C=O) groups is 3. The fraction of sp³-hybridized carbons (Fsp3) is 0.500. The number of benzene rings is 1. The van der Waals surface area contributed by atoms with Gasteiger partial charge in [0.1, 0.15) is 24.3 Å². The molecular weight excluding hydrogens is 502 g/mol. The molecule has 2 heterocycles. The van der Waals surface area contributed by atoms with Crippen LogP contribution in [0.4, 0.5) is 28.0 Å². The van der Waals surface area contributed by atoms with Gasteiger partial charge in [-0.1, -0.05) is 6.92 Å². The third-order valence-corrected chi connectivity index (χ3v) is 6.49. The highest BCUT2D eigenvalue weighted by Gasteiger charge is 2.62.